The second kappa shape index (κ2) is 4.95. The van der Waals surface area contributed by atoms with E-state index in [0.29, 0.717) is 5.56 Å². The lowest BCUT2D eigenvalue weighted by molar-refractivity contribution is 0.0987. The highest BCUT2D eigenvalue weighted by Gasteiger charge is 2.18. The molecule has 0 saturated carbocycles. The first-order valence-electron chi connectivity index (χ1n) is 5.07. The Balaban J connectivity index is 2.24. The highest BCUT2D eigenvalue weighted by atomic mass is 35.5. The van der Waals surface area contributed by atoms with E-state index in [9.17, 15) is 4.79 Å². The van der Waals surface area contributed by atoms with Crippen molar-refractivity contribution in [3.05, 3.63) is 71.8 Å². The van der Waals surface area contributed by atoms with Gasteiger partial charge in [0, 0.05) is 5.56 Å². The zero-order valence-electron chi connectivity index (χ0n) is 8.64. The van der Waals surface area contributed by atoms with Crippen LogP contribution in [0.1, 0.15) is 21.3 Å². The summed E-state index contributed by atoms with van der Waals surface area (Å²) in [5.41, 5.74) is 1.48. The van der Waals surface area contributed by atoms with E-state index in [4.69, 9.17) is 11.6 Å². The molecule has 1 atom stereocenters. The predicted octanol–water partition coefficient (Wildman–Crippen LogP) is 3.85. The normalized spacial score (nSPS) is 12.1. The molecule has 2 rings (SSSR count). The summed E-state index contributed by atoms with van der Waals surface area (Å²) in [5.74, 6) is -0.0616. The van der Waals surface area contributed by atoms with E-state index >= 15 is 0 Å². The first-order valence-corrected chi connectivity index (χ1v) is 5.51. The minimum absolute atomic E-state index is 0.0616. The van der Waals surface area contributed by atoms with Gasteiger partial charge in [0.1, 0.15) is 5.38 Å². The molecule has 2 aromatic carbocycles. The van der Waals surface area contributed by atoms with Crippen molar-refractivity contribution in [1.82, 2.24) is 0 Å². The number of halogens is 1. The van der Waals surface area contributed by atoms with Crippen LogP contribution in [0.3, 0.4) is 0 Å². The van der Waals surface area contributed by atoms with Crippen LogP contribution in [-0.4, -0.2) is 5.78 Å². The Morgan fingerprint density at radius 2 is 1.38 bits per heavy atom. The summed E-state index contributed by atoms with van der Waals surface area (Å²) < 4.78 is 0. The van der Waals surface area contributed by atoms with E-state index in [2.05, 4.69) is 0 Å². The Kier molecular flexibility index (Phi) is 3.37. The van der Waals surface area contributed by atoms with E-state index in [0.717, 1.165) is 5.56 Å². The van der Waals surface area contributed by atoms with Crippen LogP contribution < -0.4 is 0 Å². The minimum Gasteiger partial charge on any atom is -0.292 e. The van der Waals surface area contributed by atoms with Crippen molar-refractivity contribution in [1.29, 1.82) is 0 Å². The summed E-state index contributed by atoms with van der Waals surface area (Å²) in [6, 6.07) is 18.5. The number of benzene rings is 2. The summed E-state index contributed by atoms with van der Waals surface area (Å²) in [6.45, 7) is 0. The van der Waals surface area contributed by atoms with Gasteiger partial charge in [-0.2, -0.15) is 0 Å². The maximum Gasteiger partial charge on any atom is 0.185 e. The van der Waals surface area contributed by atoms with Gasteiger partial charge < -0.3 is 0 Å². The van der Waals surface area contributed by atoms with E-state index in [-0.39, 0.29) is 5.78 Å². The summed E-state index contributed by atoms with van der Waals surface area (Å²) in [4.78, 5) is 12.0. The Bertz CT molecular complexity index is 465. The van der Waals surface area contributed by atoms with Gasteiger partial charge in [-0.1, -0.05) is 60.7 Å². The van der Waals surface area contributed by atoms with Crippen LogP contribution in [-0.2, 0) is 0 Å². The number of hydrogen-bond acceptors (Lipinski definition) is 1. The van der Waals surface area contributed by atoms with Crippen molar-refractivity contribution in [3.63, 3.8) is 0 Å². The topological polar surface area (TPSA) is 17.1 Å². The molecule has 0 aliphatic heterocycles. The number of carbonyl (C=O) groups excluding carboxylic acids is 1. The molecule has 1 nitrogen and oxygen atoms in total. The third kappa shape index (κ3) is 2.31. The van der Waals surface area contributed by atoms with Crippen LogP contribution in [0.15, 0.2) is 60.7 Å². The third-order valence-corrected chi connectivity index (χ3v) is 2.83. The molecule has 80 valence electrons. The van der Waals surface area contributed by atoms with Gasteiger partial charge >= 0.3 is 0 Å². The van der Waals surface area contributed by atoms with Crippen LogP contribution in [0.2, 0.25) is 0 Å². The lowest BCUT2D eigenvalue weighted by Gasteiger charge is -2.08. The molecule has 0 aromatic heterocycles. The van der Waals surface area contributed by atoms with E-state index in [1.807, 2.05) is 48.5 Å². The standard InChI is InChI=1S/C14H11ClO/c15-13(11-7-3-1-4-8-11)14(16)12-9-5-2-6-10-12/h1-10,13H/t13-/m0/s1. The van der Waals surface area contributed by atoms with E-state index in [1.165, 1.54) is 0 Å². The largest absolute Gasteiger partial charge is 0.292 e. The second-order valence-corrected chi connectivity index (χ2v) is 3.94. The maximum atomic E-state index is 12.0. The fourth-order valence-electron chi connectivity index (χ4n) is 1.52. The summed E-state index contributed by atoms with van der Waals surface area (Å²) in [6.07, 6.45) is 0. The molecule has 0 radical (unpaired) electrons. The quantitative estimate of drug-likeness (QED) is 0.578. The zero-order chi connectivity index (χ0) is 11.4. The highest BCUT2D eigenvalue weighted by Crippen LogP contribution is 2.24. The van der Waals surface area contributed by atoms with Crippen molar-refractivity contribution in [3.8, 4) is 0 Å². The molecule has 2 heteroatoms. The summed E-state index contributed by atoms with van der Waals surface area (Å²) in [5, 5.41) is -0.608. The number of alkyl halides is 1. The van der Waals surface area contributed by atoms with Crippen LogP contribution in [0.4, 0.5) is 0 Å². The third-order valence-electron chi connectivity index (χ3n) is 2.38. The van der Waals surface area contributed by atoms with Crippen LogP contribution in [0.5, 0.6) is 0 Å². The SMILES string of the molecule is O=C(c1ccccc1)[C@@H](Cl)c1ccccc1. The summed E-state index contributed by atoms with van der Waals surface area (Å²) >= 11 is 6.14. The van der Waals surface area contributed by atoms with Gasteiger partial charge in [0.05, 0.1) is 0 Å². The number of ketones is 1. The van der Waals surface area contributed by atoms with Gasteiger partial charge in [-0.3, -0.25) is 4.79 Å². The number of Topliss-reactive ketones (excluding diaryl/α,β-unsaturated/α-hetero) is 1. The smallest absolute Gasteiger partial charge is 0.185 e. The fraction of sp³-hybridized carbons (Fsp3) is 0.0714. The molecule has 0 bridgehead atoms. The molecule has 2 aromatic rings. The molecular weight excluding hydrogens is 220 g/mol. The summed E-state index contributed by atoms with van der Waals surface area (Å²) in [7, 11) is 0. The fourth-order valence-corrected chi connectivity index (χ4v) is 1.79. The first-order chi connectivity index (χ1) is 7.79. The van der Waals surface area contributed by atoms with Crippen molar-refractivity contribution in [2.24, 2.45) is 0 Å². The minimum atomic E-state index is -0.608. The van der Waals surface area contributed by atoms with Gasteiger partial charge in [0.25, 0.3) is 0 Å². The zero-order valence-corrected chi connectivity index (χ0v) is 9.39. The van der Waals surface area contributed by atoms with Gasteiger partial charge in [-0.05, 0) is 5.56 Å². The van der Waals surface area contributed by atoms with Crippen LogP contribution in [0, 0.1) is 0 Å². The lowest BCUT2D eigenvalue weighted by Crippen LogP contribution is -2.06. The predicted molar refractivity (Wildman–Crippen MR) is 65.8 cm³/mol. The Labute approximate surface area is 99.7 Å². The van der Waals surface area contributed by atoms with Gasteiger partial charge in [-0.25, -0.2) is 0 Å². The molecule has 0 heterocycles. The Hall–Kier alpha value is -1.60. The van der Waals surface area contributed by atoms with Crippen molar-refractivity contribution < 1.29 is 4.79 Å². The number of carbonyl (C=O) groups is 1. The Morgan fingerprint density at radius 1 is 0.875 bits per heavy atom. The molecule has 0 amide bonds. The van der Waals surface area contributed by atoms with Gasteiger partial charge in [0.2, 0.25) is 0 Å². The van der Waals surface area contributed by atoms with Gasteiger partial charge in [0.15, 0.2) is 5.78 Å². The second-order valence-electron chi connectivity index (χ2n) is 3.50. The molecule has 0 unspecified atom stereocenters. The maximum absolute atomic E-state index is 12.0. The van der Waals surface area contributed by atoms with Crippen molar-refractivity contribution >= 4 is 17.4 Å². The number of rotatable bonds is 3. The molecule has 0 fully saturated rings. The number of hydrogen-bond donors (Lipinski definition) is 0. The molecule has 0 spiro atoms. The molecule has 0 saturated heterocycles. The van der Waals surface area contributed by atoms with E-state index in [1.54, 1.807) is 12.1 Å². The monoisotopic (exact) mass is 230 g/mol. The van der Waals surface area contributed by atoms with Gasteiger partial charge in [-0.15, -0.1) is 11.6 Å². The molecule has 0 aliphatic carbocycles. The molecular formula is C14H11ClO. The van der Waals surface area contributed by atoms with Crippen LogP contribution >= 0.6 is 11.6 Å². The highest BCUT2D eigenvalue weighted by molar-refractivity contribution is 6.33. The van der Waals surface area contributed by atoms with Crippen molar-refractivity contribution in [2.45, 2.75) is 5.38 Å². The molecule has 0 aliphatic rings. The average Bonchev–Trinajstić information content (AvgIpc) is 2.39. The van der Waals surface area contributed by atoms with E-state index < -0.39 is 5.38 Å². The first kappa shape index (κ1) is 10.9. The lowest BCUT2D eigenvalue weighted by atomic mass is 10.0. The molecule has 0 N–H and O–H groups in total. The Morgan fingerprint density at radius 3 is 1.94 bits per heavy atom. The van der Waals surface area contributed by atoms with Crippen LogP contribution in [0.25, 0.3) is 0 Å². The average molecular weight is 231 g/mol. The molecule has 16 heavy (non-hydrogen) atoms. The van der Waals surface area contributed by atoms with Crippen molar-refractivity contribution in [2.75, 3.05) is 0 Å².